The average molecular weight is 357 g/mol. The van der Waals surface area contributed by atoms with E-state index in [2.05, 4.69) is 15.9 Å². The molecule has 1 fully saturated rings. The fourth-order valence-corrected chi connectivity index (χ4v) is 2.97. The third-order valence-electron chi connectivity index (χ3n) is 3.49. The van der Waals surface area contributed by atoms with Gasteiger partial charge in [0, 0.05) is 29.1 Å². The molecule has 1 saturated heterocycles. The summed E-state index contributed by atoms with van der Waals surface area (Å²) >= 11 is 9.27. The van der Waals surface area contributed by atoms with Gasteiger partial charge in [-0.25, -0.2) is 0 Å². The van der Waals surface area contributed by atoms with Gasteiger partial charge < -0.3 is 4.90 Å². The van der Waals surface area contributed by atoms with E-state index in [0.717, 1.165) is 15.7 Å². The molecular weight excluding hydrogens is 343 g/mol. The zero-order valence-corrected chi connectivity index (χ0v) is 12.5. The zero-order chi connectivity index (χ0) is 14.0. The number of rotatable bonds is 2. The van der Waals surface area contributed by atoms with Crippen LogP contribution in [0.2, 0.25) is 0 Å². The number of alkyl halides is 4. The van der Waals surface area contributed by atoms with E-state index in [1.165, 1.54) is 0 Å². The summed E-state index contributed by atoms with van der Waals surface area (Å²) in [5, 5.41) is 0. The molecule has 1 aromatic carbocycles. The molecule has 0 bridgehead atoms. The summed E-state index contributed by atoms with van der Waals surface area (Å²) < 4.78 is 38.8. The van der Waals surface area contributed by atoms with Crippen molar-refractivity contribution < 1.29 is 13.2 Å². The molecule has 0 aliphatic carbocycles. The van der Waals surface area contributed by atoms with Crippen LogP contribution in [0.1, 0.15) is 18.4 Å². The summed E-state index contributed by atoms with van der Waals surface area (Å²) in [6.45, 7) is 0.842. The van der Waals surface area contributed by atoms with Crippen LogP contribution in [0.15, 0.2) is 22.7 Å². The second-order valence-electron chi connectivity index (χ2n) is 4.71. The fourth-order valence-electron chi connectivity index (χ4n) is 2.39. The van der Waals surface area contributed by atoms with Gasteiger partial charge in [-0.3, -0.25) is 0 Å². The Labute approximate surface area is 123 Å². The number of hydrogen-bond donors (Lipinski definition) is 0. The van der Waals surface area contributed by atoms with Gasteiger partial charge in [-0.15, -0.1) is 11.6 Å². The average Bonchev–Trinajstić information content (AvgIpc) is 2.38. The van der Waals surface area contributed by atoms with E-state index >= 15 is 0 Å². The lowest BCUT2D eigenvalue weighted by molar-refractivity contribution is -0.179. The SMILES string of the molecule is FC(F)(F)C1CCN(c2cc(Br)ccc2CCl)CC1. The van der Waals surface area contributed by atoms with Gasteiger partial charge in [0.25, 0.3) is 0 Å². The second-order valence-corrected chi connectivity index (χ2v) is 5.89. The molecule has 0 N–H and O–H groups in total. The first kappa shape index (κ1) is 15.0. The maximum atomic E-state index is 12.6. The van der Waals surface area contributed by atoms with Crippen molar-refractivity contribution in [3.05, 3.63) is 28.2 Å². The Balaban J connectivity index is 2.11. The van der Waals surface area contributed by atoms with Gasteiger partial charge in [0.15, 0.2) is 0 Å². The highest BCUT2D eigenvalue weighted by atomic mass is 79.9. The van der Waals surface area contributed by atoms with Crippen molar-refractivity contribution in [2.45, 2.75) is 24.9 Å². The molecule has 0 atom stereocenters. The van der Waals surface area contributed by atoms with Gasteiger partial charge in [-0.05, 0) is 30.5 Å². The molecule has 1 aliphatic heterocycles. The third kappa shape index (κ3) is 3.57. The van der Waals surface area contributed by atoms with Crippen molar-refractivity contribution in [3.8, 4) is 0 Å². The van der Waals surface area contributed by atoms with Gasteiger partial charge in [0.1, 0.15) is 0 Å². The first-order chi connectivity index (χ1) is 8.91. The van der Waals surface area contributed by atoms with Crippen molar-refractivity contribution in [1.29, 1.82) is 0 Å². The monoisotopic (exact) mass is 355 g/mol. The standard InChI is InChI=1S/C13H14BrClF3N/c14-11-2-1-9(8-15)12(7-11)19-5-3-10(4-6-19)13(16,17)18/h1-2,7,10H,3-6,8H2. The molecule has 0 spiro atoms. The molecule has 0 aromatic heterocycles. The normalized spacial score (nSPS) is 17.8. The van der Waals surface area contributed by atoms with E-state index in [4.69, 9.17) is 11.6 Å². The molecular formula is C13H14BrClF3N. The van der Waals surface area contributed by atoms with Gasteiger partial charge in [0.2, 0.25) is 0 Å². The van der Waals surface area contributed by atoms with Crippen molar-refractivity contribution in [2.24, 2.45) is 5.92 Å². The maximum Gasteiger partial charge on any atom is 0.391 e. The lowest BCUT2D eigenvalue weighted by Gasteiger charge is -2.35. The van der Waals surface area contributed by atoms with Crippen molar-refractivity contribution in [2.75, 3.05) is 18.0 Å². The smallest absolute Gasteiger partial charge is 0.371 e. The highest BCUT2D eigenvalue weighted by Gasteiger charge is 2.41. The summed E-state index contributed by atoms with van der Waals surface area (Å²) in [6.07, 6.45) is -3.77. The summed E-state index contributed by atoms with van der Waals surface area (Å²) in [6, 6.07) is 5.72. The highest BCUT2D eigenvalue weighted by Crippen LogP contribution is 2.36. The number of anilines is 1. The Bertz CT molecular complexity index is 442. The van der Waals surface area contributed by atoms with Crippen LogP contribution >= 0.6 is 27.5 Å². The first-order valence-corrected chi connectivity index (χ1v) is 7.40. The Hall–Kier alpha value is -0.420. The van der Waals surface area contributed by atoms with Crippen LogP contribution in [0.4, 0.5) is 18.9 Å². The predicted octanol–water partition coefficient (Wildman–Crippen LogP) is 4.97. The van der Waals surface area contributed by atoms with Crippen LogP contribution < -0.4 is 4.90 Å². The zero-order valence-electron chi connectivity index (χ0n) is 10.2. The summed E-state index contributed by atoms with van der Waals surface area (Å²) in [7, 11) is 0. The summed E-state index contributed by atoms with van der Waals surface area (Å²) in [5.41, 5.74) is 1.89. The molecule has 1 aromatic rings. The Morgan fingerprint density at radius 3 is 2.42 bits per heavy atom. The highest BCUT2D eigenvalue weighted by molar-refractivity contribution is 9.10. The summed E-state index contributed by atoms with van der Waals surface area (Å²) in [5.74, 6) is -0.808. The van der Waals surface area contributed by atoms with Crippen LogP contribution in [0.25, 0.3) is 0 Å². The van der Waals surface area contributed by atoms with Gasteiger partial charge in [-0.1, -0.05) is 22.0 Å². The Morgan fingerprint density at radius 2 is 1.89 bits per heavy atom. The molecule has 0 unspecified atom stereocenters. The van der Waals surface area contributed by atoms with Crippen LogP contribution in [0, 0.1) is 5.92 Å². The molecule has 0 radical (unpaired) electrons. The number of piperidine rings is 1. The Kier molecular flexibility index (Phi) is 4.66. The van der Waals surface area contributed by atoms with Crippen LogP contribution in [0.3, 0.4) is 0 Å². The van der Waals surface area contributed by atoms with E-state index < -0.39 is 12.1 Å². The largest absolute Gasteiger partial charge is 0.391 e. The molecule has 1 nitrogen and oxygen atoms in total. The topological polar surface area (TPSA) is 3.24 Å². The van der Waals surface area contributed by atoms with Crippen LogP contribution in [0.5, 0.6) is 0 Å². The van der Waals surface area contributed by atoms with E-state index in [-0.39, 0.29) is 12.8 Å². The number of benzene rings is 1. The minimum atomic E-state index is -4.07. The summed E-state index contributed by atoms with van der Waals surface area (Å²) in [4.78, 5) is 1.99. The molecule has 0 saturated carbocycles. The lowest BCUT2D eigenvalue weighted by atomic mass is 9.95. The molecule has 0 amide bonds. The van der Waals surface area contributed by atoms with Crippen molar-refractivity contribution >= 4 is 33.2 Å². The van der Waals surface area contributed by atoms with Crippen molar-refractivity contribution in [3.63, 3.8) is 0 Å². The first-order valence-electron chi connectivity index (χ1n) is 6.08. The lowest BCUT2D eigenvalue weighted by Crippen LogP contribution is -2.39. The number of halogens is 5. The van der Waals surface area contributed by atoms with E-state index in [1.807, 2.05) is 23.1 Å². The van der Waals surface area contributed by atoms with Crippen LogP contribution in [-0.4, -0.2) is 19.3 Å². The Morgan fingerprint density at radius 1 is 1.26 bits per heavy atom. The van der Waals surface area contributed by atoms with Crippen molar-refractivity contribution in [1.82, 2.24) is 0 Å². The quantitative estimate of drug-likeness (QED) is 0.677. The van der Waals surface area contributed by atoms with Gasteiger partial charge in [-0.2, -0.15) is 13.2 Å². The minimum absolute atomic E-state index is 0.151. The number of hydrogen-bond acceptors (Lipinski definition) is 1. The van der Waals surface area contributed by atoms with Gasteiger partial charge in [0.05, 0.1) is 5.92 Å². The van der Waals surface area contributed by atoms with Gasteiger partial charge >= 0.3 is 6.18 Å². The van der Waals surface area contributed by atoms with E-state index in [0.29, 0.717) is 19.0 Å². The van der Waals surface area contributed by atoms with E-state index in [9.17, 15) is 13.2 Å². The molecule has 19 heavy (non-hydrogen) atoms. The molecule has 106 valence electrons. The van der Waals surface area contributed by atoms with E-state index in [1.54, 1.807) is 0 Å². The molecule has 1 aliphatic rings. The third-order valence-corrected chi connectivity index (χ3v) is 4.27. The fraction of sp³-hybridized carbons (Fsp3) is 0.538. The van der Waals surface area contributed by atoms with Crippen LogP contribution in [-0.2, 0) is 5.88 Å². The maximum absolute atomic E-state index is 12.6. The number of nitrogens with zero attached hydrogens (tertiary/aromatic N) is 1. The molecule has 6 heteroatoms. The molecule has 1 heterocycles. The molecule has 2 rings (SSSR count). The minimum Gasteiger partial charge on any atom is -0.371 e. The second kappa shape index (κ2) is 5.92. The predicted molar refractivity (Wildman–Crippen MR) is 74.7 cm³/mol.